The number of hydrogen-bond acceptors (Lipinski definition) is 5. The number of hydrogen-bond donors (Lipinski definition) is 1. The summed E-state index contributed by atoms with van der Waals surface area (Å²) < 4.78 is 38.2. The van der Waals surface area contributed by atoms with E-state index < -0.39 is 16.1 Å². The average Bonchev–Trinajstić information content (AvgIpc) is 2.79. The summed E-state index contributed by atoms with van der Waals surface area (Å²) in [5.74, 6) is 0.740. The van der Waals surface area contributed by atoms with Crippen LogP contribution in [0.25, 0.3) is 0 Å². The van der Waals surface area contributed by atoms with Crippen LogP contribution in [-0.2, 0) is 21.4 Å². The molecule has 3 aromatic rings. The lowest BCUT2D eigenvalue weighted by atomic mass is 10.2. The summed E-state index contributed by atoms with van der Waals surface area (Å²) in [6.07, 6.45) is -0.796. The standard InChI is InChI=1S/C23H22N2O5S/c1-25(15-17-7-3-2-4-8-17)31(27,28)19-13-11-18(12-14-19)24-23(26)22-16-29-20-9-5-6-10-21(20)30-22/h2-14,22H,15-16H2,1H3,(H,24,26)/t22-/m1/s1. The number of para-hydroxylation sites is 2. The van der Waals surface area contributed by atoms with Crippen molar-refractivity contribution in [2.75, 3.05) is 19.0 Å². The topological polar surface area (TPSA) is 84.9 Å². The zero-order valence-electron chi connectivity index (χ0n) is 16.9. The zero-order valence-corrected chi connectivity index (χ0v) is 17.7. The van der Waals surface area contributed by atoms with Crippen LogP contribution < -0.4 is 14.8 Å². The van der Waals surface area contributed by atoms with Crippen LogP contribution in [0.4, 0.5) is 5.69 Å². The van der Waals surface area contributed by atoms with Crippen molar-refractivity contribution in [2.45, 2.75) is 17.5 Å². The summed E-state index contributed by atoms with van der Waals surface area (Å²) in [6.45, 7) is 0.363. The van der Waals surface area contributed by atoms with E-state index in [0.29, 0.717) is 17.2 Å². The van der Waals surface area contributed by atoms with Crippen LogP contribution in [0.2, 0.25) is 0 Å². The van der Waals surface area contributed by atoms with Crippen LogP contribution in [0, 0.1) is 0 Å². The highest BCUT2D eigenvalue weighted by molar-refractivity contribution is 7.89. The van der Waals surface area contributed by atoms with E-state index in [1.54, 1.807) is 30.3 Å². The summed E-state index contributed by atoms with van der Waals surface area (Å²) in [5.41, 5.74) is 1.37. The molecular weight excluding hydrogens is 416 g/mol. The number of carbonyl (C=O) groups is 1. The van der Waals surface area contributed by atoms with E-state index in [0.717, 1.165) is 5.56 Å². The van der Waals surface area contributed by atoms with Gasteiger partial charge < -0.3 is 14.8 Å². The van der Waals surface area contributed by atoms with Crippen molar-refractivity contribution < 1.29 is 22.7 Å². The van der Waals surface area contributed by atoms with Crippen molar-refractivity contribution in [1.29, 1.82) is 0 Å². The van der Waals surface area contributed by atoms with Gasteiger partial charge in [-0.15, -0.1) is 0 Å². The highest BCUT2D eigenvalue weighted by Gasteiger charge is 2.27. The molecule has 8 heteroatoms. The number of nitrogens with one attached hydrogen (secondary N) is 1. The number of amides is 1. The molecular formula is C23H22N2O5S. The highest BCUT2D eigenvalue weighted by atomic mass is 32.2. The van der Waals surface area contributed by atoms with Crippen LogP contribution in [0.1, 0.15) is 5.56 Å². The van der Waals surface area contributed by atoms with Gasteiger partial charge in [0.25, 0.3) is 5.91 Å². The molecule has 4 rings (SSSR count). The predicted molar refractivity (Wildman–Crippen MR) is 117 cm³/mol. The van der Waals surface area contributed by atoms with E-state index in [-0.39, 0.29) is 24.0 Å². The van der Waals surface area contributed by atoms with Gasteiger partial charge in [0.15, 0.2) is 11.5 Å². The van der Waals surface area contributed by atoms with Crippen molar-refractivity contribution in [3.05, 3.63) is 84.4 Å². The molecule has 31 heavy (non-hydrogen) atoms. The number of anilines is 1. The molecule has 1 aliphatic rings. The predicted octanol–water partition coefficient (Wildman–Crippen LogP) is 3.29. The Labute approximate surface area is 181 Å². The van der Waals surface area contributed by atoms with Crippen LogP contribution in [0.3, 0.4) is 0 Å². The van der Waals surface area contributed by atoms with Gasteiger partial charge in [0, 0.05) is 19.3 Å². The smallest absolute Gasteiger partial charge is 0.269 e. The average molecular weight is 439 g/mol. The number of rotatable bonds is 6. The second-order valence-electron chi connectivity index (χ2n) is 7.12. The van der Waals surface area contributed by atoms with E-state index in [1.165, 1.54) is 23.5 Å². The fourth-order valence-corrected chi connectivity index (χ4v) is 4.35. The van der Waals surface area contributed by atoms with Crippen molar-refractivity contribution in [3.63, 3.8) is 0 Å². The zero-order chi connectivity index (χ0) is 21.8. The number of benzene rings is 3. The summed E-state index contributed by atoms with van der Waals surface area (Å²) in [5, 5.41) is 2.74. The van der Waals surface area contributed by atoms with Crippen LogP contribution in [-0.4, -0.2) is 38.4 Å². The van der Waals surface area contributed by atoms with Gasteiger partial charge >= 0.3 is 0 Å². The number of sulfonamides is 1. The van der Waals surface area contributed by atoms with Crippen molar-refractivity contribution in [3.8, 4) is 11.5 Å². The molecule has 1 heterocycles. The lowest BCUT2D eigenvalue weighted by Gasteiger charge is -2.25. The molecule has 0 saturated heterocycles. The monoisotopic (exact) mass is 438 g/mol. The minimum absolute atomic E-state index is 0.0968. The molecule has 1 atom stereocenters. The Balaban J connectivity index is 1.40. The van der Waals surface area contributed by atoms with Gasteiger partial charge in [-0.1, -0.05) is 42.5 Å². The van der Waals surface area contributed by atoms with E-state index >= 15 is 0 Å². The first-order valence-electron chi connectivity index (χ1n) is 9.73. The van der Waals surface area contributed by atoms with Crippen molar-refractivity contribution in [1.82, 2.24) is 4.31 Å². The fraction of sp³-hybridized carbons (Fsp3) is 0.174. The molecule has 0 aromatic heterocycles. The largest absolute Gasteiger partial charge is 0.485 e. The minimum atomic E-state index is -3.66. The van der Waals surface area contributed by atoms with Crippen molar-refractivity contribution >= 4 is 21.6 Å². The first-order valence-corrected chi connectivity index (χ1v) is 11.2. The van der Waals surface area contributed by atoms with Crippen LogP contribution in [0.5, 0.6) is 11.5 Å². The SMILES string of the molecule is CN(Cc1ccccc1)S(=O)(=O)c1ccc(NC(=O)[C@H]2COc3ccccc3O2)cc1. The Morgan fingerprint density at radius 3 is 2.32 bits per heavy atom. The first kappa shape index (κ1) is 20.9. The van der Waals surface area contributed by atoms with E-state index in [4.69, 9.17) is 9.47 Å². The molecule has 0 aliphatic carbocycles. The summed E-state index contributed by atoms with van der Waals surface area (Å²) >= 11 is 0. The molecule has 0 fully saturated rings. The first-order chi connectivity index (χ1) is 14.9. The molecule has 0 saturated carbocycles. The van der Waals surface area contributed by atoms with Gasteiger partial charge in [-0.25, -0.2) is 8.42 Å². The molecule has 0 bridgehead atoms. The maximum absolute atomic E-state index is 12.8. The molecule has 0 spiro atoms. The van der Waals surface area contributed by atoms with E-state index in [9.17, 15) is 13.2 Å². The van der Waals surface area contributed by atoms with Crippen molar-refractivity contribution in [2.24, 2.45) is 0 Å². The van der Waals surface area contributed by atoms with E-state index in [1.807, 2.05) is 36.4 Å². The van der Waals surface area contributed by atoms with Gasteiger partial charge in [-0.3, -0.25) is 4.79 Å². The van der Waals surface area contributed by atoms with Gasteiger partial charge in [0.1, 0.15) is 6.61 Å². The fourth-order valence-electron chi connectivity index (χ4n) is 3.19. The quantitative estimate of drug-likeness (QED) is 0.638. The minimum Gasteiger partial charge on any atom is -0.485 e. The molecule has 0 unspecified atom stereocenters. The van der Waals surface area contributed by atoms with Gasteiger partial charge in [-0.2, -0.15) is 4.31 Å². The van der Waals surface area contributed by atoms with Crippen LogP contribution in [0.15, 0.2) is 83.8 Å². The number of nitrogens with zero attached hydrogens (tertiary/aromatic N) is 1. The molecule has 0 radical (unpaired) electrons. The lowest BCUT2D eigenvalue weighted by molar-refractivity contribution is -0.125. The Morgan fingerprint density at radius 1 is 0.968 bits per heavy atom. The van der Waals surface area contributed by atoms with Gasteiger partial charge in [0.2, 0.25) is 16.1 Å². The summed E-state index contributed by atoms with van der Waals surface area (Å²) in [7, 11) is -2.12. The molecule has 1 N–H and O–H groups in total. The third-order valence-corrected chi connectivity index (χ3v) is 6.70. The second-order valence-corrected chi connectivity index (χ2v) is 9.17. The molecule has 3 aromatic carbocycles. The Bertz CT molecular complexity index is 1160. The Kier molecular flexibility index (Phi) is 5.92. The summed E-state index contributed by atoms with van der Waals surface area (Å²) in [6, 6.07) is 22.6. The normalized spacial score (nSPS) is 15.5. The lowest BCUT2D eigenvalue weighted by Crippen LogP contribution is -2.40. The molecule has 7 nitrogen and oxygen atoms in total. The third kappa shape index (κ3) is 4.70. The maximum atomic E-state index is 12.8. The van der Waals surface area contributed by atoms with E-state index in [2.05, 4.69) is 5.32 Å². The maximum Gasteiger partial charge on any atom is 0.269 e. The molecule has 160 valence electrons. The third-order valence-electron chi connectivity index (χ3n) is 4.88. The Hall–Kier alpha value is -3.36. The highest BCUT2D eigenvalue weighted by Crippen LogP contribution is 2.31. The molecule has 1 amide bonds. The number of ether oxygens (including phenoxy) is 2. The molecule has 1 aliphatic heterocycles. The Morgan fingerprint density at radius 2 is 1.61 bits per heavy atom. The number of fused-ring (bicyclic) bond motifs is 1. The van der Waals surface area contributed by atoms with Gasteiger partial charge in [-0.05, 0) is 42.0 Å². The van der Waals surface area contributed by atoms with Crippen LogP contribution >= 0.6 is 0 Å². The summed E-state index contributed by atoms with van der Waals surface area (Å²) in [4.78, 5) is 12.7. The second kappa shape index (κ2) is 8.79. The van der Waals surface area contributed by atoms with Gasteiger partial charge in [0.05, 0.1) is 4.90 Å². The number of carbonyl (C=O) groups excluding carboxylic acids is 1.